The highest BCUT2D eigenvalue weighted by molar-refractivity contribution is 5.68. The molecule has 0 heterocycles. The number of hydrogen-bond donors (Lipinski definition) is 2. The average molecular weight is 339 g/mol. The smallest absolute Gasteiger partial charge is 0.407 e. The van der Waals surface area contributed by atoms with Crippen LogP contribution in [0.15, 0.2) is 29.6 Å². The van der Waals surface area contributed by atoms with Gasteiger partial charge in [0.15, 0.2) is 0 Å². The standard InChI is InChI=1S/C14H21N3O3.C2H4O2/c1-10(15-13(18)20-14(2,3)4)9-11-5-7-12(8-6-11)16-17-19;1-4-2-3/h5-8,10H,9H2,1-4H3,(H,15,18)(H,16,19);2H,1H3. The van der Waals surface area contributed by atoms with Crippen molar-refractivity contribution in [3.63, 3.8) is 0 Å². The summed E-state index contributed by atoms with van der Waals surface area (Å²) in [6.45, 7) is 7.75. The lowest BCUT2D eigenvalue weighted by molar-refractivity contribution is -0.126. The van der Waals surface area contributed by atoms with Gasteiger partial charge in [-0.1, -0.05) is 12.1 Å². The van der Waals surface area contributed by atoms with Gasteiger partial charge in [0, 0.05) is 6.04 Å². The highest BCUT2D eigenvalue weighted by atomic mass is 16.6. The van der Waals surface area contributed by atoms with E-state index in [2.05, 4.69) is 20.8 Å². The van der Waals surface area contributed by atoms with E-state index in [0.717, 1.165) is 5.56 Å². The highest BCUT2D eigenvalue weighted by Gasteiger charge is 2.17. The molecule has 24 heavy (non-hydrogen) atoms. The van der Waals surface area contributed by atoms with Crippen molar-refractivity contribution in [2.45, 2.75) is 45.8 Å². The quantitative estimate of drug-likeness (QED) is 0.469. The van der Waals surface area contributed by atoms with E-state index in [1.807, 2.05) is 39.8 Å². The van der Waals surface area contributed by atoms with Gasteiger partial charge in [0.2, 0.25) is 0 Å². The van der Waals surface area contributed by atoms with Gasteiger partial charge < -0.3 is 14.8 Å². The summed E-state index contributed by atoms with van der Waals surface area (Å²) in [4.78, 5) is 30.6. The predicted molar refractivity (Wildman–Crippen MR) is 91.5 cm³/mol. The van der Waals surface area contributed by atoms with Crippen LogP contribution < -0.4 is 10.7 Å². The number of amides is 1. The first kappa shape index (κ1) is 21.4. The lowest BCUT2D eigenvalue weighted by Crippen LogP contribution is -2.38. The van der Waals surface area contributed by atoms with Crippen LogP contribution in [0.2, 0.25) is 0 Å². The van der Waals surface area contributed by atoms with Crippen molar-refractivity contribution in [1.82, 2.24) is 5.32 Å². The van der Waals surface area contributed by atoms with Crippen LogP contribution in [0.3, 0.4) is 0 Å². The molecule has 1 atom stereocenters. The lowest BCUT2D eigenvalue weighted by atomic mass is 10.1. The van der Waals surface area contributed by atoms with Crippen molar-refractivity contribution in [3.8, 4) is 0 Å². The average Bonchev–Trinajstić information content (AvgIpc) is 2.47. The molecular weight excluding hydrogens is 314 g/mol. The van der Waals surface area contributed by atoms with Gasteiger partial charge in [-0.15, -0.1) is 4.91 Å². The number of nitrogens with zero attached hydrogens (tertiary/aromatic N) is 1. The van der Waals surface area contributed by atoms with Crippen molar-refractivity contribution in [2.75, 3.05) is 12.5 Å². The van der Waals surface area contributed by atoms with E-state index in [0.29, 0.717) is 18.6 Å². The molecule has 0 aromatic heterocycles. The van der Waals surface area contributed by atoms with Crippen LogP contribution in [0.1, 0.15) is 33.3 Å². The molecule has 0 aliphatic heterocycles. The van der Waals surface area contributed by atoms with Gasteiger partial charge in [-0.3, -0.25) is 4.79 Å². The Morgan fingerprint density at radius 1 is 1.29 bits per heavy atom. The van der Waals surface area contributed by atoms with Gasteiger partial charge in [0.05, 0.1) is 18.1 Å². The maximum atomic E-state index is 11.6. The minimum Gasteiger partial charge on any atom is -0.471 e. The van der Waals surface area contributed by atoms with E-state index in [4.69, 9.17) is 9.53 Å². The summed E-state index contributed by atoms with van der Waals surface area (Å²) in [5, 5.41) is 5.38. The highest BCUT2D eigenvalue weighted by Crippen LogP contribution is 2.12. The molecule has 134 valence electrons. The van der Waals surface area contributed by atoms with Crippen molar-refractivity contribution in [1.29, 1.82) is 0 Å². The predicted octanol–water partition coefficient (Wildman–Crippen LogP) is 3.02. The number of carbonyl (C=O) groups excluding carboxylic acids is 2. The number of nitroso groups, excluding NO2 is 1. The zero-order valence-electron chi connectivity index (χ0n) is 14.7. The molecule has 0 bridgehead atoms. The van der Waals surface area contributed by atoms with Gasteiger partial charge in [-0.05, 0) is 51.8 Å². The molecule has 0 saturated heterocycles. The Labute approximate surface area is 141 Å². The van der Waals surface area contributed by atoms with Crippen molar-refractivity contribution in [2.24, 2.45) is 5.29 Å². The van der Waals surface area contributed by atoms with E-state index in [1.165, 1.54) is 7.11 Å². The fraction of sp³-hybridized carbons (Fsp3) is 0.500. The first-order valence-corrected chi connectivity index (χ1v) is 7.35. The molecule has 0 saturated carbocycles. The van der Waals surface area contributed by atoms with Crippen molar-refractivity contribution < 1.29 is 19.1 Å². The molecule has 0 aliphatic rings. The molecule has 1 aromatic carbocycles. The lowest BCUT2D eigenvalue weighted by Gasteiger charge is -2.22. The second kappa shape index (κ2) is 11.0. The van der Waals surface area contributed by atoms with Gasteiger partial charge in [-0.2, -0.15) is 0 Å². The first-order chi connectivity index (χ1) is 11.2. The van der Waals surface area contributed by atoms with Crippen molar-refractivity contribution in [3.05, 3.63) is 34.7 Å². The Morgan fingerprint density at radius 2 is 1.83 bits per heavy atom. The Bertz CT molecular complexity index is 511. The number of ether oxygens (including phenoxy) is 2. The molecule has 0 aliphatic carbocycles. The number of rotatable bonds is 6. The monoisotopic (exact) mass is 339 g/mol. The molecule has 1 amide bonds. The minimum absolute atomic E-state index is 0.0483. The number of alkyl carbamates (subject to hydrolysis) is 1. The second-order valence-electron chi connectivity index (χ2n) is 5.98. The van der Waals surface area contributed by atoms with E-state index >= 15 is 0 Å². The zero-order chi connectivity index (χ0) is 18.6. The molecule has 0 spiro atoms. The zero-order valence-corrected chi connectivity index (χ0v) is 14.7. The summed E-state index contributed by atoms with van der Waals surface area (Å²) in [6.07, 6.45) is 0.252. The van der Waals surface area contributed by atoms with Crippen LogP contribution in [0.25, 0.3) is 0 Å². The molecule has 8 nitrogen and oxygen atoms in total. The van der Waals surface area contributed by atoms with Crippen molar-refractivity contribution >= 4 is 18.3 Å². The molecule has 2 N–H and O–H groups in total. The number of hydrogen-bond acceptors (Lipinski definition) is 6. The number of nitrogens with one attached hydrogen (secondary N) is 2. The molecule has 1 unspecified atom stereocenters. The van der Waals surface area contributed by atoms with Gasteiger partial charge in [-0.25, -0.2) is 10.2 Å². The summed E-state index contributed by atoms with van der Waals surface area (Å²) in [7, 11) is 1.31. The van der Waals surface area contributed by atoms with Gasteiger partial charge in [0.1, 0.15) is 5.60 Å². The number of carbonyl (C=O) groups is 2. The SMILES string of the molecule is CC(Cc1ccc(NN=O)cc1)NC(=O)OC(C)(C)C.COC=O. The van der Waals surface area contributed by atoms with E-state index in [1.54, 1.807) is 12.1 Å². The Hall–Kier alpha value is -2.64. The molecule has 0 radical (unpaired) electrons. The minimum atomic E-state index is -0.501. The van der Waals surface area contributed by atoms with Gasteiger partial charge in [0.25, 0.3) is 6.47 Å². The summed E-state index contributed by atoms with van der Waals surface area (Å²) < 4.78 is 9.05. The number of methoxy groups -OCH3 is 1. The number of anilines is 1. The Balaban J connectivity index is 0.00000118. The first-order valence-electron chi connectivity index (χ1n) is 7.35. The van der Waals surface area contributed by atoms with Crippen LogP contribution in [-0.2, 0) is 20.7 Å². The van der Waals surface area contributed by atoms with E-state index < -0.39 is 11.7 Å². The van der Waals surface area contributed by atoms with Crippen LogP contribution in [0.5, 0.6) is 0 Å². The molecule has 1 aromatic rings. The summed E-state index contributed by atoms with van der Waals surface area (Å²) in [6, 6.07) is 7.22. The Morgan fingerprint density at radius 3 is 2.25 bits per heavy atom. The van der Waals surface area contributed by atoms with E-state index in [-0.39, 0.29) is 6.04 Å². The molecule has 0 fully saturated rings. The normalized spacial score (nSPS) is 11.2. The summed E-state index contributed by atoms with van der Waals surface area (Å²) in [5.74, 6) is 0. The summed E-state index contributed by atoms with van der Waals surface area (Å²) >= 11 is 0. The molecule has 1 rings (SSSR count). The number of benzene rings is 1. The topological polar surface area (TPSA) is 106 Å². The third-order valence-electron chi connectivity index (χ3n) is 2.53. The van der Waals surface area contributed by atoms with Gasteiger partial charge >= 0.3 is 6.09 Å². The fourth-order valence-electron chi connectivity index (χ4n) is 1.68. The van der Waals surface area contributed by atoms with Crippen LogP contribution >= 0.6 is 0 Å². The second-order valence-corrected chi connectivity index (χ2v) is 5.98. The molecular formula is C16H25N3O5. The van der Waals surface area contributed by atoms with E-state index in [9.17, 15) is 9.70 Å². The maximum absolute atomic E-state index is 11.6. The Kier molecular flexibility index (Phi) is 9.77. The third-order valence-corrected chi connectivity index (χ3v) is 2.53. The fourth-order valence-corrected chi connectivity index (χ4v) is 1.68. The molecule has 8 heteroatoms. The maximum Gasteiger partial charge on any atom is 0.407 e. The van der Waals surface area contributed by atoms with Crippen LogP contribution in [0, 0.1) is 4.91 Å². The third kappa shape index (κ3) is 11.0. The summed E-state index contributed by atoms with van der Waals surface area (Å²) in [5.41, 5.74) is 3.51. The largest absolute Gasteiger partial charge is 0.471 e. The van der Waals surface area contributed by atoms with Crippen LogP contribution in [-0.4, -0.2) is 31.3 Å². The van der Waals surface area contributed by atoms with Crippen LogP contribution in [0.4, 0.5) is 10.5 Å².